The van der Waals surface area contributed by atoms with Crippen molar-refractivity contribution in [1.82, 2.24) is 4.31 Å². The third kappa shape index (κ3) is 4.06. The predicted molar refractivity (Wildman–Crippen MR) is 90.9 cm³/mol. The van der Waals surface area contributed by atoms with Crippen LogP contribution in [0.25, 0.3) is 0 Å². The SMILES string of the molecule is COc1ccc(S(=O)(=O)N(CCN)[C@H]2CS(=O)(=O)C[C@@H]2O)c(OC)c1. The summed E-state index contributed by atoms with van der Waals surface area (Å²) >= 11 is 0. The smallest absolute Gasteiger partial charge is 0.247 e. The molecule has 1 aliphatic rings. The number of hydrogen-bond donors (Lipinski definition) is 2. The second-order valence-corrected chi connectivity index (χ2v) is 9.65. The highest BCUT2D eigenvalue weighted by atomic mass is 32.2. The van der Waals surface area contributed by atoms with Gasteiger partial charge < -0.3 is 20.3 Å². The maximum absolute atomic E-state index is 13.1. The monoisotopic (exact) mass is 394 g/mol. The summed E-state index contributed by atoms with van der Waals surface area (Å²) in [4.78, 5) is -0.152. The van der Waals surface area contributed by atoms with Gasteiger partial charge in [-0.3, -0.25) is 0 Å². The Morgan fingerprint density at radius 1 is 1.28 bits per heavy atom. The summed E-state index contributed by atoms with van der Waals surface area (Å²) in [6, 6.07) is 3.09. The Hall–Kier alpha value is -1.40. The number of methoxy groups -OCH3 is 2. The molecular weight excluding hydrogens is 372 g/mol. The number of aliphatic hydroxyl groups excluding tert-OH is 1. The highest BCUT2D eigenvalue weighted by Gasteiger charge is 2.45. The van der Waals surface area contributed by atoms with Gasteiger partial charge >= 0.3 is 0 Å². The van der Waals surface area contributed by atoms with Gasteiger partial charge in [-0.25, -0.2) is 16.8 Å². The Labute approximate surface area is 147 Å². The summed E-state index contributed by atoms with van der Waals surface area (Å²) in [6.45, 7) is -0.157. The Morgan fingerprint density at radius 3 is 2.44 bits per heavy atom. The molecular formula is C14H22N2O7S2. The molecule has 25 heavy (non-hydrogen) atoms. The van der Waals surface area contributed by atoms with Crippen LogP contribution in [0.2, 0.25) is 0 Å². The highest BCUT2D eigenvalue weighted by molar-refractivity contribution is 7.92. The standard InChI is InChI=1S/C14H22N2O7S2/c1-22-10-3-4-14(13(7-10)23-2)25(20,21)16(6-5-15)11-8-24(18,19)9-12(11)17/h3-4,7,11-12,17H,5-6,8-9,15H2,1-2H3/t11-,12-/m0/s1. The van der Waals surface area contributed by atoms with Crippen LogP contribution in [0.3, 0.4) is 0 Å². The second kappa shape index (κ2) is 7.46. The minimum absolute atomic E-state index is 0.0268. The first-order valence-electron chi connectivity index (χ1n) is 7.48. The molecule has 1 saturated heterocycles. The van der Waals surface area contributed by atoms with E-state index in [0.29, 0.717) is 5.75 Å². The van der Waals surface area contributed by atoms with E-state index in [1.165, 1.54) is 32.4 Å². The van der Waals surface area contributed by atoms with Gasteiger partial charge in [-0.05, 0) is 12.1 Å². The number of benzene rings is 1. The van der Waals surface area contributed by atoms with Crippen LogP contribution < -0.4 is 15.2 Å². The van der Waals surface area contributed by atoms with E-state index in [9.17, 15) is 21.9 Å². The number of hydrogen-bond acceptors (Lipinski definition) is 8. The van der Waals surface area contributed by atoms with Gasteiger partial charge in [0, 0.05) is 19.2 Å². The molecule has 0 radical (unpaired) electrons. The molecule has 0 amide bonds. The van der Waals surface area contributed by atoms with Crippen molar-refractivity contribution in [2.45, 2.75) is 17.0 Å². The lowest BCUT2D eigenvalue weighted by Gasteiger charge is -2.29. The van der Waals surface area contributed by atoms with Crippen molar-refractivity contribution < 1.29 is 31.4 Å². The van der Waals surface area contributed by atoms with E-state index >= 15 is 0 Å². The van der Waals surface area contributed by atoms with Crippen LogP contribution in [0.4, 0.5) is 0 Å². The number of sulfonamides is 1. The predicted octanol–water partition coefficient (Wildman–Crippen LogP) is -1.19. The lowest BCUT2D eigenvalue weighted by atomic mass is 10.2. The lowest BCUT2D eigenvalue weighted by Crippen LogP contribution is -2.48. The van der Waals surface area contributed by atoms with Crippen LogP contribution in [-0.2, 0) is 19.9 Å². The van der Waals surface area contributed by atoms with Gasteiger partial charge in [0.05, 0.1) is 37.9 Å². The number of nitrogens with zero attached hydrogens (tertiary/aromatic N) is 1. The molecule has 0 unspecified atom stereocenters. The summed E-state index contributed by atoms with van der Waals surface area (Å²) in [6.07, 6.45) is -1.31. The van der Waals surface area contributed by atoms with Gasteiger partial charge in [0.15, 0.2) is 9.84 Å². The molecule has 3 N–H and O–H groups in total. The number of aliphatic hydroxyl groups is 1. The van der Waals surface area contributed by atoms with E-state index in [-0.39, 0.29) is 23.7 Å². The fourth-order valence-corrected chi connectivity index (χ4v) is 6.49. The van der Waals surface area contributed by atoms with Gasteiger partial charge in [0.2, 0.25) is 10.0 Å². The van der Waals surface area contributed by atoms with Gasteiger partial charge in [0.25, 0.3) is 0 Å². The van der Waals surface area contributed by atoms with Crippen LogP contribution >= 0.6 is 0 Å². The second-order valence-electron chi connectivity index (χ2n) is 5.63. The lowest BCUT2D eigenvalue weighted by molar-refractivity contribution is 0.129. The summed E-state index contributed by atoms with van der Waals surface area (Å²) in [5.41, 5.74) is 5.51. The molecule has 1 fully saturated rings. The molecule has 0 aliphatic carbocycles. The molecule has 1 heterocycles. The Balaban J connectivity index is 2.50. The zero-order chi connectivity index (χ0) is 18.8. The molecule has 2 rings (SSSR count). The van der Waals surface area contributed by atoms with Crippen LogP contribution in [-0.4, -0.2) is 77.2 Å². The maximum atomic E-state index is 13.1. The van der Waals surface area contributed by atoms with Crippen molar-refractivity contribution in [3.63, 3.8) is 0 Å². The minimum Gasteiger partial charge on any atom is -0.497 e. The number of rotatable bonds is 7. The van der Waals surface area contributed by atoms with Crippen molar-refractivity contribution in [2.24, 2.45) is 5.73 Å². The Bertz CT molecular complexity index is 824. The van der Waals surface area contributed by atoms with Crippen molar-refractivity contribution in [2.75, 3.05) is 38.8 Å². The molecule has 0 bridgehead atoms. The number of nitrogens with two attached hydrogens (primary N) is 1. The topological polar surface area (TPSA) is 136 Å². The third-order valence-corrected chi connectivity index (χ3v) is 7.63. The highest BCUT2D eigenvalue weighted by Crippen LogP contribution is 2.33. The van der Waals surface area contributed by atoms with E-state index in [4.69, 9.17) is 15.2 Å². The van der Waals surface area contributed by atoms with E-state index in [0.717, 1.165) is 4.31 Å². The van der Waals surface area contributed by atoms with Gasteiger partial charge in [-0.2, -0.15) is 4.31 Å². The normalized spacial score (nSPS) is 22.9. The van der Waals surface area contributed by atoms with Gasteiger partial charge in [0.1, 0.15) is 16.4 Å². The summed E-state index contributed by atoms with van der Waals surface area (Å²) in [5, 5.41) is 10.1. The summed E-state index contributed by atoms with van der Waals surface area (Å²) in [5.74, 6) is -0.471. The first-order valence-corrected chi connectivity index (χ1v) is 10.7. The first kappa shape index (κ1) is 19.9. The van der Waals surface area contributed by atoms with Gasteiger partial charge in [-0.1, -0.05) is 0 Å². The van der Waals surface area contributed by atoms with Crippen LogP contribution in [0, 0.1) is 0 Å². The van der Waals surface area contributed by atoms with E-state index in [1.807, 2.05) is 0 Å². The van der Waals surface area contributed by atoms with E-state index < -0.39 is 43.5 Å². The molecule has 1 aliphatic heterocycles. The Morgan fingerprint density at radius 2 is 1.96 bits per heavy atom. The van der Waals surface area contributed by atoms with Gasteiger partial charge in [-0.15, -0.1) is 0 Å². The third-order valence-electron chi connectivity index (χ3n) is 3.97. The minimum atomic E-state index is -4.15. The molecule has 2 atom stereocenters. The zero-order valence-electron chi connectivity index (χ0n) is 14.0. The molecule has 9 nitrogen and oxygen atoms in total. The van der Waals surface area contributed by atoms with E-state index in [1.54, 1.807) is 0 Å². The van der Waals surface area contributed by atoms with Crippen molar-refractivity contribution in [3.8, 4) is 11.5 Å². The van der Waals surface area contributed by atoms with Crippen molar-refractivity contribution >= 4 is 19.9 Å². The largest absolute Gasteiger partial charge is 0.497 e. The molecule has 0 saturated carbocycles. The molecule has 0 aromatic heterocycles. The molecule has 1 aromatic carbocycles. The first-order chi connectivity index (χ1) is 11.7. The fourth-order valence-electron chi connectivity index (χ4n) is 2.79. The van der Waals surface area contributed by atoms with Crippen LogP contribution in [0.1, 0.15) is 0 Å². The summed E-state index contributed by atoms with van der Waals surface area (Å²) < 4.78 is 60.9. The molecule has 142 valence electrons. The average molecular weight is 394 g/mol. The van der Waals surface area contributed by atoms with Crippen molar-refractivity contribution in [3.05, 3.63) is 18.2 Å². The number of sulfone groups is 1. The average Bonchev–Trinajstić information content (AvgIpc) is 2.83. The van der Waals surface area contributed by atoms with Crippen LogP contribution in [0.5, 0.6) is 11.5 Å². The molecule has 1 aromatic rings. The van der Waals surface area contributed by atoms with Crippen LogP contribution in [0.15, 0.2) is 23.1 Å². The summed E-state index contributed by atoms with van der Waals surface area (Å²) in [7, 11) is -4.92. The Kier molecular flexibility index (Phi) is 5.94. The van der Waals surface area contributed by atoms with Crippen molar-refractivity contribution in [1.29, 1.82) is 0 Å². The number of ether oxygens (including phenoxy) is 2. The quantitative estimate of drug-likeness (QED) is 0.589. The maximum Gasteiger partial charge on any atom is 0.247 e. The fraction of sp³-hybridized carbons (Fsp3) is 0.571. The molecule has 0 spiro atoms. The van der Waals surface area contributed by atoms with E-state index in [2.05, 4.69) is 0 Å². The zero-order valence-corrected chi connectivity index (χ0v) is 15.6. The molecule has 11 heteroatoms.